The highest BCUT2D eigenvalue weighted by molar-refractivity contribution is 5.85. The molecule has 0 spiro atoms. The molecule has 21 heavy (non-hydrogen) atoms. The molecule has 4 aliphatic rings. The van der Waals surface area contributed by atoms with E-state index >= 15 is 0 Å². The molecule has 2 N–H and O–H groups in total. The maximum absolute atomic E-state index is 12.4. The van der Waals surface area contributed by atoms with Gasteiger partial charge in [0, 0.05) is 17.8 Å². The zero-order valence-corrected chi connectivity index (χ0v) is 11.4. The summed E-state index contributed by atoms with van der Waals surface area (Å²) in [4.78, 5) is 12.4. The second-order valence-corrected chi connectivity index (χ2v) is 6.27. The summed E-state index contributed by atoms with van der Waals surface area (Å²) in [6.07, 6.45) is -0.739. The lowest BCUT2D eigenvalue weighted by Gasteiger charge is -2.47. The SMILES string of the molecule is O=C1NC(O)C2C3c4ccccc4C(c4ccccc43)C12. The minimum Gasteiger partial charge on any atom is -0.373 e. The molecule has 1 heterocycles. The van der Waals surface area contributed by atoms with Crippen molar-refractivity contribution >= 4 is 5.91 Å². The quantitative estimate of drug-likeness (QED) is 0.773. The number of benzene rings is 2. The Bertz CT molecular complexity index is 722. The van der Waals surface area contributed by atoms with Crippen LogP contribution in [0.4, 0.5) is 0 Å². The molecule has 3 unspecified atom stereocenters. The molecule has 1 aliphatic heterocycles. The van der Waals surface area contributed by atoms with Crippen molar-refractivity contribution in [2.45, 2.75) is 18.1 Å². The van der Waals surface area contributed by atoms with Gasteiger partial charge in [-0.3, -0.25) is 4.79 Å². The van der Waals surface area contributed by atoms with Crippen LogP contribution in [0.3, 0.4) is 0 Å². The van der Waals surface area contributed by atoms with E-state index in [1.807, 2.05) is 24.3 Å². The summed E-state index contributed by atoms with van der Waals surface area (Å²) in [5.74, 6) is -0.0143. The largest absolute Gasteiger partial charge is 0.373 e. The fraction of sp³-hybridized carbons (Fsp3) is 0.278. The summed E-state index contributed by atoms with van der Waals surface area (Å²) >= 11 is 0. The van der Waals surface area contributed by atoms with Crippen LogP contribution in [0.25, 0.3) is 0 Å². The first-order chi connectivity index (χ1) is 10.3. The van der Waals surface area contributed by atoms with Gasteiger partial charge < -0.3 is 10.4 Å². The fourth-order valence-electron chi connectivity index (χ4n) is 4.76. The van der Waals surface area contributed by atoms with Crippen LogP contribution in [0.1, 0.15) is 34.1 Å². The first-order valence-corrected chi connectivity index (χ1v) is 7.43. The van der Waals surface area contributed by atoms with Gasteiger partial charge in [0.05, 0.1) is 5.92 Å². The molecule has 0 saturated carbocycles. The summed E-state index contributed by atoms with van der Waals surface area (Å²) in [5.41, 5.74) is 5.06. The number of carbonyl (C=O) groups is 1. The average Bonchev–Trinajstić information content (AvgIpc) is 2.83. The molecule has 3 heteroatoms. The van der Waals surface area contributed by atoms with Crippen LogP contribution < -0.4 is 5.32 Å². The summed E-state index contributed by atoms with van der Waals surface area (Å²) < 4.78 is 0. The maximum atomic E-state index is 12.4. The van der Waals surface area contributed by atoms with Crippen molar-refractivity contribution in [3.05, 3.63) is 70.8 Å². The van der Waals surface area contributed by atoms with Gasteiger partial charge in [-0.2, -0.15) is 0 Å². The Morgan fingerprint density at radius 2 is 1.29 bits per heavy atom. The third-order valence-electron chi connectivity index (χ3n) is 5.45. The lowest BCUT2D eigenvalue weighted by molar-refractivity contribution is -0.124. The molecule has 6 rings (SSSR count). The second kappa shape index (κ2) is 3.74. The third kappa shape index (κ3) is 1.26. The van der Waals surface area contributed by atoms with Gasteiger partial charge in [-0.25, -0.2) is 0 Å². The molecule has 2 aromatic carbocycles. The highest BCUT2D eigenvalue weighted by atomic mass is 16.3. The fourth-order valence-corrected chi connectivity index (χ4v) is 4.76. The Morgan fingerprint density at radius 1 is 0.810 bits per heavy atom. The molecular weight excluding hydrogens is 262 g/mol. The molecule has 0 radical (unpaired) electrons. The molecule has 2 aromatic rings. The van der Waals surface area contributed by atoms with Crippen LogP contribution in [0, 0.1) is 11.8 Å². The van der Waals surface area contributed by atoms with E-state index in [1.54, 1.807) is 0 Å². The number of hydrogen-bond donors (Lipinski definition) is 2. The minimum absolute atomic E-state index is 0.00786. The highest BCUT2D eigenvalue weighted by Gasteiger charge is 2.58. The molecular formula is C18H15NO2. The number of amides is 1. The van der Waals surface area contributed by atoms with E-state index in [4.69, 9.17) is 0 Å². The Kier molecular flexibility index (Phi) is 2.05. The van der Waals surface area contributed by atoms with Gasteiger partial charge in [0.2, 0.25) is 5.91 Å². The first kappa shape index (κ1) is 11.5. The lowest BCUT2D eigenvalue weighted by Crippen LogP contribution is -2.42. The average molecular weight is 277 g/mol. The number of aliphatic hydroxyl groups excluding tert-OH is 1. The number of nitrogens with one attached hydrogen (secondary N) is 1. The van der Waals surface area contributed by atoms with Gasteiger partial charge in [-0.15, -0.1) is 0 Å². The van der Waals surface area contributed by atoms with Crippen LogP contribution in [0.2, 0.25) is 0 Å². The van der Waals surface area contributed by atoms with Gasteiger partial charge in [0.25, 0.3) is 0 Å². The minimum atomic E-state index is -0.739. The van der Waals surface area contributed by atoms with Crippen LogP contribution in [-0.4, -0.2) is 17.2 Å². The summed E-state index contributed by atoms with van der Waals surface area (Å²) in [5, 5.41) is 13.1. The van der Waals surface area contributed by atoms with E-state index in [1.165, 1.54) is 22.3 Å². The van der Waals surface area contributed by atoms with Crippen molar-refractivity contribution in [3.8, 4) is 0 Å². The van der Waals surface area contributed by atoms with Crippen LogP contribution in [-0.2, 0) is 4.79 Å². The summed E-state index contributed by atoms with van der Waals surface area (Å²) in [6, 6.07) is 16.7. The number of aliphatic hydroxyl groups is 1. The maximum Gasteiger partial charge on any atom is 0.226 e. The van der Waals surface area contributed by atoms with Gasteiger partial charge in [0.15, 0.2) is 0 Å². The molecule has 3 atom stereocenters. The van der Waals surface area contributed by atoms with E-state index in [-0.39, 0.29) is 29.6 Å². The van der Waals surface area contributed by atoms with Crippen LogP contribution in [0.15, 0.2) is 48.5 Å². The van der Waals surface area contributed by atoms with Crippen molar-refractivity contribution in [3.63, 3.8) is 0 Å². The predicted molar refractivity (Wildman–Crippen MR) is 77.7 cm³/mol. The monoisotopic (exact) mass is 277 g/mol. The molecule has 1 saturated heterocycles. The zero-order valence-electron chi connectivity index (χ0n) is 11.4. The van der Waals surface area contributed by atoms with Crippen LogP contribution in [0.5, 0.6) is 0 Å². The van der Waals surface area contributed by atoms with E-state index in [2.05, 4.69) is 29.6 Å². The second-order valence-electron chi connectivity index (χ2n) is 6.27. The van der Waals surface area contributed by atoms with Gasteiger partial charge >= 0.3 is 0 Å². The van der Waals surface area contributed by atoms with Crippen molar-refractivity contribution in [1.82, 2.24) is 5.32 Å². The van der Waals surface area contributed by atoms with Gasteiger partial charge in [-0.05, 0) is 22.3 Å². The van der Waals surface area contributed by atoms with Gasteiger partial charge in [-0.1, -0.05) is 48.5 Å². The Labute approximate surface area is 122 Å². The standard InChI is InChI=1S/C18H15NO2/c20-17-15-13-9-5-1-2-6-10(9)14(16(15)18(21)19-17)12-8-4-3-7-11(12)13/h1-8,13-17,20H,(H,19,21). The number of hydrogen-bond acceptors (Lipinski definition) is 2. The van der Waals surface area contributed by atoms with Crippen molar-refractivity contribution in [1.29, 1.82) is 0 Å². The summed E-state index contributed by atoms with van der Waals surface area (Å²) in [6.45, 7) is 0. The normalized spacial score (nSPS) is 34.9. The molecule has 3 aliphatic carbocycles. The summed E-state index contributed by atoms with van der Waals surface area (Å²) in [7, 11) is 0. The van der Waals surface area contributed by atoms with E-state index in [9.17, 15) is 9.90 Å². The van der Waals surface area contributed by atoms with Crippen molar-refractivity contribution < 1.29 is 9.90 Å². The zero-order chi connectivity index (χ0) is 14.1. The molecule has 1 fully saturated rings. The van der Waals surface area contributed by atoms with Crippen LogP contribution >= 0.6 is 0 Å². The molecule has 104 valence electrons. The Balaban J connectivity index is 1.86. The lowest BCUT2D eigenvalue weighted by atomic mass is 9.55. The topological polar surface area (TPSA) is 49.3 Å². The van der Waals surface area contributed by atoms with E-state index in [0.29, 0.717) is 0 Å². The van der Waals surface area contributed by atoms with Crippen molar-refractivity contribution in [2.75, 3.05) is 0 Å². The smallest absolute Gasteiger partial charge is 0.226 e. The number of carbonyl (C=O) groups excluding carboxylic acids is 1. The third-order valence-corrected chi connectivity index (χ3v) is 5.45. The Morgan fingerprint density at radius 3 is 1.81 bits per heavy atom. The number of rotatable bonds is 0. The Hall–Kier alpha value is -2.13. The first-order valence-electron chi connectivity index (χ1n) is 7.43. The highest BCUT2D eigenvalue weighted by Crippen LogP contribution is 2.60. The molecule has 1 amide bonds. The van der Waals surface area contributed by atoms with Crippen molar-refractivity contribution in [2.24, 2.45) is 11.8 Å². The molecule has 3 nitrogen and oxygen atoms in total. The van der Waals surface area contributed by atoms with Gasteiger partial charge in [0.1, 0.15) is 6.23 Å². The molecule has 2 bridgehead atoms. The van der Waals surface area contributed by atoms with E-state index < -0.39 is 6.23 Å². The predicted octanol–water partition coefficient (Wildman–Crippen LogP) is 1.96. The molecule has 0 aromatic heterocycles. The van der Waals surface area contributed by atoms with E-state index in [0.717, 1.165) is 0 Å².